The summed E-state index contributed by atoms with van der Waals surface area (Å²) in [7, 11) is -3.43. The minimum atomic E-state index is -3.43. The number of rotatable bonds is 10. The largest absolute Gasteiger partial charge is 0.324 e. The number of nitrogens with one attached hydrogen (secondary N) is 1. The maximum Gasteiger partial charge on any atom is 0.240 e. The molecule has 1 atom stereocenters. The zero-order valence-electron chi connectivity index (χ0n) is 12.8. The third-order valence-corrected chi connectivity index (χ3v) is 5.51. The Hall–Kier alpha value is -0.560. The molecule has 1 aromatic rings. The van der Waals surface area contributed by atoms with Gasteiger partial charge in [-0.15, -0.1) is 0 Å². The van der Waals surface area contributed by atoms with Gasteiger partial charge in [-0.2, -0.15) is 11.8 Å². The van der Waals surface area contributed by atoms with E-state index >= 15 is 0 Å². The van der Waals surface area contributed by atoms with Gasteiger partial charge in [-0.25, -0.2) is 13.1 Å². The number of sulfonamides is 1. The topological polar surface area (TPSA) is 72.2 Å². The van der Waals surface area contributed by atoms with E-state index in [1.807, 2.05) is 24.8 Å². The first-order chi connectivity index (χ1) is 10.0. The van der Waals surface area contributed by atoms with Crippen molar-refractivity contribution < 1.29 is 8.42 Å². The normalized spacial score (nSPS) is 13.3. The maximum absolute atomic E-state index is 12.2. The van der Waals surface area contributed by atoms with Crippen molar-refractivity contribution in [3.63, 3.8) is 0 Å². The van der Waals surface area contributed by atoms with Gasteiger partial charge in [0.2, 0.25) is 10.0 Å². The second-order valence-corrected chi connectivity index (χ2v) is 7.79. The SMILES string of the molecule is CCC(N)c1cccc(S(=O)(=O)NCCCCCSC)c1. The zero-order valence-corrected chi connectivity index (χ0v) is 14.5. The average Bonchev–Trinajstić information content (AvgIpc) is 2.50. The molecule has 0 saturated carbocycles. The molecule has 0 radical (unpaired) electrons. The van der Waals surface area contributed by atoms with E-state index in [0.717, 1.165) is 37.0 Å². The van der Waals surface area contributed by atoms with E-state index in [0.29, 0.717) is 11.4 Å². The van der Waals surface area contributed by atoms with Crippen molar-refractivity contribution in [3.05, 3.63) is 29.8 Å². The fourth-order valence-electron chi connectivity index (χ4n) is 1.99. The number of hydrogen-bond acceptors (Lipinski definition) is 4. The monoisotopic (exact) mass is 330 g/mol. The van der Waals surface area contributed by atoms with Crippen molar-refractivity contribution in [1.29, 1.82) is 0 Å². The Kier molecular flexibility index (Phi) is 8.33. The van der Waals surface area contributed by atoms with E-state index in [-0.39, 0.29) is 6.04 Å². The van der Waals surface area contributed by atoms with Gasteiger partial charge in [-0.05, 0) is 49.0 Å². The van der Waals surface area contributed by atoms with Crippen LogP contribution in [0.15, 0.2) is 29.2 Å². The lowest BCUT2D eigenvalue weighted by Gasteiger charge is -2.12. The van der Waals surface area contributed by atoms with E-state index in [9.17, 15) is 8.42 Å². The van der Waals surface area contributed by atoms with Crippen molar-refractivity contribution in [2.75, 3.05) is 18.6 Å². The van der Waals surface area contributed by atoms with Crippen LogP contribution in [-0.4, -0.2) is 27.0 Å². The molecule has 4 nitrogen and oxygen atoms in total. The highest BCUT2D eigenvalue weighted by atomic mass is 32.2. The molecule has 21 heavy (non-hydrogen) atoms. The van der Waals surface area contributed by atoms with Gasteiger partial charge >= 0.3 is 0 Å². The first-order valence-corrected chi connectivity index (χ1v) is 10.2. The van der Waals surface area contributed by atoms with Crippen LogP contribution < -0.4 is 10.5 Å². The summed E-state index contributed by atoms with van der Waals surface area (Å²) in [5, 5.41) is 0. The van der Waals surface area contributed by atoms with Gasteiger partial charge in [0.05, 0.1) is 4.90 Å². The second kappa shape index (κ2) is 9.46. The molecule has 0 fully saturated rings. The minimum absolute atomic E-state index is 0.119. The summed E-state index contributed by atoms with van der Waals surface area (Å²) in [6.07, 6.45) is 5.91. The van der Waals surface area contributed by atoms with Gasteiger partial charge in [0, 0.05) is 12.6 Å². The molecular weight excluding hydrogens is 304 g/mol. The molecule has 0 aliphatic carbocycles. The Morgan fingerprint density at radius 1 is 1.29 bits per heavy atom. The summed E-state index contributed by atoms with van der Waals surface area (Å²) in [5.41, 5.74) is 6.82. The van der Waals surface area contributed by atoms with Crippen LogP contribution in [-0.2, 0) is 10.0 Å². The van der Waals surface area contributed by atoms with Crippen LogP contribution >= 0.6 is 11.8 Å². The first-order valence-electron chi connectivity index (χ1n) is 7.35. The predicted octanol–water partition coefficient (Wildman–Crippen LogP) is 2.91. The Morgan fingerprint density at radius 3 is 2.71 bits per heavy atom. The molecule has 0 heterocycles. The fourth-order valence-corrected chi connectivity index (χ4v) is 3.61. The Morgan fingerprint density at radius 2 is 2.05 bits per heavy atom. The van der Waals surface area contributed by atoms with Crippen LogP contribution in [0.25, 0.3) is 0 Å². The molecule has 1 unspecified atom stereocenters. The maximum atomic E-state index is 12.2. The van der Waals surface area contributed by atoms with Crippen LogP contribution in [0, 0.1) is 0 Å². The molecule has 1 aromatic carbocycles. The summed E-state index contributed by atoms with van der Waals surface area (Å²) >= 11 is 1.82. The molecule has 0 saturated heterocycles. The highest BCUT2D eigenvalue weighted by Crippen LogP contribution is 2.18. The van der Waals surface area contributed by atoms with Gasteiger partial charge in [0.25, 0.3) is 0 Å². The first kappa shape index (κ1) is 18.5. The molecule has 0 spiro atoms. The number of nitrogens with two attached hydrogens (primary N) is 1. The Balaban J connectivity index is 2.58. The molecular formula is C15H26N2O2S2. The van der Waals surface area contributed by atoms with E-state index in [1.54, 1.807) is 18.2 Å². The number of unbranched alkanes of at least 4 members (excludes halogenated alkanes) is 2. The van der Waals surface area contributed by atoms with Crippen molar-refractivity contribution in [2.45, 2.75) is 43.5 Å². The molecule has 6 heteroatoms. The quantitative estimate of drug-likeness (QED) is 0.647. The van der Waals surface area contributed by atoms with Crippen LogP contribution in [0.2, 0.25) is 0 Å². The van der Waals surface area contributed by atoms with E-state index in [2.05, 4.69) is 11.0 Å². The summed E-state index contributed by atoms with van der Waals surface area (Å²) in [6.45, 7) is 2.47. The highest BCUT2D eigenvalue weighted by molar-refractivity contribution is 7.98. The van der Waals surface area contributed by atoms with Crippen LogP contribution in [0.1, 0.15) is 44.2 Å². The van der Waals surface area contributed by atoms with Crippen molar-refractivity contribution in [3.8, 4) is 0 Å². The van der Waals surface area contributed by atoms with E-state index < -0.39 is 10.0 Å². The van der Waals surface area contributed by atoms with Crippen LogP contribution in [0.5, 0.6) is 0 Å². The lowest BCUT2D eigenvalue weighted by Crippen LogP contribution is -2.25. The van der Waals surface area contributed by atoms with Gasteiger partial charge in [0.1, 0.15) is 0 Å². The van der Waals surface area contributed by atoms with Crippen molar-refractivity contribution in [2.24, 2.45) is 5.73 Å². The fraction of sp³-hybridized carbons (Fsp3) is 0.600. The molecule has 0 aliphatic rings. The number of hydrogen-bond donors (Lipinski definition) is 2. The third kappa shape index (κ3) is 6.38. The zero-order chi connectivity index (χ0) is 15.7. The average molecular weight is 331 g/mol. The highest BCUT2D eigenvalue weighted by Gasteiger charge is 2.14. The standard InChI is InChI=1S/C15H26N2O2S2/c1-3-15(16)13-8-7-9-14(12-13)21(18,19)17-10-5-4-6-11-20-2/h7-9,12,15,17H,3-6,10-11,16H2,1-2H3. The smallest absolute Gasteiger partial charge is 0.240 e. The summed E-state index contributed by atoms with van der Waals surface area (Å²) in [5.74, 6) is 1.13. The van der Waals surface area contributed by atoms with Gasteiger partial charge in [-0.1, -0.05) is 25.5 Å². The van der Waals surface area contributed by atoms with Gasteiger partial charge < -0.3 is 5.73 Å². The number of benzene rings is 1. The molecule has 120 valence electrons. The summed E-state index contributed by atoms with van der Waals surface area (Å²) < 4.78 is 27.1. The molecule has 0 aliphatic heterocycles. The molecule has 0 amide bonds. The Labute approximate surface area is 132 Å². The van der Waals surface area contributed by atoms with Gasteiger partial charge in [-0.3, -0.25) is 0 Å². The lowest BCUT2D eigenvalue weighted by molar-refractivity contribution is 0.575. The minimum Gasteiger partial charge on any atom is -0.324 e. The number of thioether (sulfide) groups is 1. The van der Waals surface area contributed by atoms with Gasteiger partial charge in [0.15, 0.2) is 0 Å². The second-order valence-electron chi connectivity index (χ2n) is 5.04. The lowest BCUT2D eigenvalue weighted by atomic mass is 10.1. The predicted molar refractivity (Wildman–Crippen MR) is 91.1 cm³/mol. The molecule has 3 N–H and O–H groups in total. The van der Waals surface area contributed by atoms with E-state index in [1.165, 1.54) is 0 Å². The Bertz CT molecular complexity index is 518. The van der Waals surface area contributed by atoms with Crippen LogP contribution in [0.3, 0.4) is 0 Å². The molecule has 0 aromatic heterocycles. The third-order valence-electron chi connectivity index (χ3n) is 3.35. The summed E-state index contributed by atoms with van der Waals surface area (Å²) in [6, 6.07) is 6.78. The molecule has 0 bridgehead atoms. The van der Waals surface area contributed by atoms with Crippen molar-refractivity contribution >= 4 is 21.8 Å². The summed E-state index contributed by atoms with van der Waals surface area (Å²) in [4.78, 5) is 0.299. The van der Waals surface area contributed by atoms with Crippen molar-refractivity contribution in [1.82, 2.24) is 4.72 Å². The van der Waals surface area contributed by atoms with E-state index in [4.69, 9.17) is 5.73 Å². The molecule has 1 rings (SSSR count). The van der Waals surface area contributed by atoms with Crippen LogP contribution in [0.4, 0.5) is 0 Å².